The summed E-state index contributed by atoms with van der Waals surface area (Å²) in [6, 6.07) is 10.4. The van der Waals surface area contributed by atoms with E-state index in [1.165, 1.54) is 18.5 Å². The molecule has 3 heterocycles. The number of nitrogens with one attached hydrogen (secondary N) is 1. The van der Waals surface area contributed by atoms with Gasteiger partial charge in [0, 0.05) is 42.9 Å². The van der Waals surface area contributed by atoms with Crippen LogP contribution in [0.1, 0.15) is 77.7 Å². The Bertz CT molecular complexity index is 1110. The Morgan fingerprint density at radius 3 is 2.63 bits per heavy atom. The van der Waals surface area contributed by atoms with E-state index in [-0.39, 0.29) is 5.91 Å². The Morgan fingerprint density at radius 1 is 1.10 bits per heavy atom. The number of carbonyl (C=O) groups is 1. The molecule has 6 heteroatoms. The number of carbonyl (C=O) groups excluding carboxylic acids is 1. The fourth-order valence-corrected chi connectivity index (χ4v) is 4.59. The lowest BCUT2D eigenvalue weighted by atomic mass is 10.0. The second-order valence-corrected chi connectivity index (χ2v) is 8.90. The summed E-state index contributed by atoms with van der Waals surface area (Å²) in [7, 11) is 0. The highest BCUT2D eigenvalue weighted by Gasteiger charge is 2.34. The number of para-hydroxylation sites is 1. The van der Waals surface area contributed by atoms with Gasteiger partial charge in [0.05, 0.1) is 16.6 Å². The van der Waals surface area contributed by atoms with Gasteiger partial charge >= 0.3 is 0 Å². The highest BCUT2D eigenvalue weighted by atomic mass is 16.5. The topological polar surface area (TPSA) is 71.3 Å². The van der Waals surface area contributed by atoms with Gasteiger partial charge in [-0.05, 0) is 56.2 Å². The molecule has 1 N–H and O–H groups in total. The first-order valence-corrected chi connectivity index (χ1v) is 11.2. The van der Waals surface area contributed by atoms with Crippen LogP contribution >= 0.6 is 0 Å². The molecular formula is C24H26N4O2. The Kier molecular flexibility index (Phi) is 4.25. The van der Waals surface area contributed by atoms with Gasteiger partial charge in [-0.15, -0.1) is 0 Å². The monoisotopic (exact) mass is 402 g/mol. The lowest BCUT2D eigenvalue weighted by Gasteiger charge is -2.21. The average Bonchev–Trinajstić information content (AvgIpc) is 3.71. The van der Waals surface area contributed by atoms with E-state index in [1.807, 2.05) is 12.1 Å². The van der Waals surface area contributed by atoms with E-state index in [2.05, 4.69) is 38.6 Å². The van der Waals surface area contributed by atoms with Crippen molar-refractivity contribution in [3.63, 3.8) is 0 Å². The highest BCUT2D eigenvalue weighted by Crippen LogP contribution is 2.45. The largest absolute Gasteiger partial charge is 0.371 e. The molecule has 0 unspecified atom stereocenters. The standard InChI is InChI=1S/C24H26N4O2/c29-23(25-14-17-5-1-2-6-20(17)28-11-3-4-12-28)18-13-19(15-7-8-15)26-24-21(18)22(27-30-24)16-9-10-16/h1-2,5-6,13,15-16H,3-4,7-12,14H2,(H,25,29). The van der Waals surface area contributed by atoms with Gasteiger partial charge in [0.15, 0.2) is 0 Å². The number of rotatable bonds is 6. The summed E-state index contributed by atoms with van der Waals surface area (Å²) < 4.78 is 5.56. The molecule has 0 bridgehead atoms. The van der Waals surface area contributed by atoms with Crippen LogP contribution in [-0.4, -0.2) is 29.1 Å². The summed E-state index contributed by atoms with van der Waals surface area (Å²) in [4.78, 5) is 20.4. The van der Waals surface area contributed by atoms with Crippen LogP contribution in [0.5, 0.6) is 0 Å². The summed E-state index contributed by atoms with van der Waals surface area (Å²) in [6.07, 6.45) is 6.94. The van der Waals surface area contributed by atoms with Gasteiger partial charge in [0.2, 0.25) is 0 Å². The minimum Gasteiger partial charge on any atom is -0.371 e. The van der Waals surface area contributed by atoms with E-state index in [0.717, 1.165) is 61.1 Å². The number of nitrogens with zero attached hydrogens (tertiary/aromatic N) is 3. The molecule has 154 valence electrons. The van der Waals surface area contributed by atoms with Crippen molar-refractivity contribution in [1.82, 2.24) is 15.5 Å². The molecule has 1 amide bonds. The van der Waals surface area contributed by atoms with E-state index in [1.54, 1.807) is 0 Å². The molecule has 30 heavy (non-hydrogen) atoms. The number of fused-ring (bicyclic) bond motifs is 1. The Balaban J connectivity index is 1.30. The maximum atomic E-state index is 13.3. The van der Waals surface area contributed by atoms with Crippen LogP contribution in [0, 0.1) is 0 Å². The molecule has 1 aromatic carbocycles. The van der Waals surface area contributed by atoms with Crippen molar-refractivity contribution in [1.29, 1.82) is 0 Å². The Morgan fingerprint density at radius 2 is 1.87 bits per heavy atom. The predicted octanol–water partition coefficient (Wildman–Crippen LogP) is 4.51. The van der Waals surface area contributed by atoms with Crippen molar-refractivity contribution in [2.75, 3.05) is 18.0 Å². The van der Waals surface area contributed by atoms with Crippen LogP contribution in [0.25, 0.3) is 11.1 Å². The van der Waals surface area contributed by atoms with Gasteiger partial charge in [0.1, 0.15) is 0 Å². The summed E-state index contributed by atoms with van der Waals surface area (Å²) in [5.41, 5.74) is 5.45. The molecule has 3 aromatic rings. The zero-order valence-electron chi connectivity index (χ0n) is 17.1. The van der Waals surface area contributed by atoms with E-state index in [0.29, 0.717) is 29.7 Å². The number of hydrogen-bond donors (Lipinski definition) is 1. The molecular weight excluding hydrogens is 376 g/mol. The zero-order valence-corrected chi connectivity index (χ0v) is 17.1. The van der Waals surface area contributed by atoms with Gasteiger partial charge < -0.3 is 14.7 Å². The molecule has 0 spiro atoms. The molecule has 6 rings (SSSR count). The number of anilines is 1. The van der Waals surface area contributed by atoms with Gasteiger partial charge in [-0.1, -0.05) is 23.4 Å². The van der Waals surface area contributed by atoms with Crippen molar-refractivity contribution >= 4 is 22.7 Å². The van der Waals surface area contributed by atoms with Gasteiger partial charge in [-0.3, -0.25) is 4.79 Å². The summed E-state index contributed by atoms with van der Waals surface area (Å²) in [5, 5.41) is 8.27. The van der Waals surface area contributed by atoms with E-state index in [4.69, 9.17) is 4.52 Å². The van der Waals surface area contributed by atoms with Crippen LogP contribution < -0.4 is 10.2 Å². The lowest BCUT2D eigenvalue weighted by molar-refractivity contribution is 0.0952. The third-order valence-corrected chi connectivity index (χ3v) is 6.57. The SMILES string of the molecule is O=C(NCc1ccccc1N1CCCC1)c1cc(C2CC2)nc2onc(C3CC3)c12. The first-order valence-electron chi connectivity index (χ1n) is 11.2. The van der Waals surface area contributed by atoms with Gasteiger partial charge in [-0.2, -0.15) is 0 Å². The molecule has 1 aliphatic heterocycles. The number of amides is 1. The van der Waals surface area contributed by atoms with Crippen molar-refractivity contribution in [3.05, 3.63) is 52.8 Å². The van der Waals surface area contributed by atoms with Gasteiger partial charge in [-0.25, -0.2) is 4.98 Å². The second-order valence-electron chi connectivity index (χ2n) is 8.90. The zero-order chi connectivity index (χ0) is 20.1. The van der Waals surface area contributed by atoms with Crippen molar-refractivity contribution in [2.45, 2.75) is 56.9 Å². The van der Waals surface area contributed by atoms with E-state index in [9.17, 15) is 4.79 Å². The highest BCUT2D eigenvalue weighted by molar-refractivity contribution is 6.06. The van der Waals surface area contributed by atoms with Crippen LogP contribution in [0.15, 0.2) is 34.9 Å². The number of aromatic nitrogens is 2. The summed E-state index contributed by atoms with van der Waals surface area (Å²) >= 11 is 0. The lowest BCUT2D eigenvalue weighted by Crippen LogP contribution is -2.26. The van der Waals surface area contributed by atoms with Crippen molar-refractivity contribution in [2.24, 2.45) is 0 Å². The fraction of sp³-hybridized carbons (Fsp3) is 0.458. The Labute approximate surface area is 175 Å². The molecule has 2 aromatic heterocycles. The van der Waals surface area contributed by atoms with Crippen LogP contribution in [0.3, 0.4) is 0 Å². The maximum absolute atomic E-state index is 13.3. The molecule has 0 atom stereocenters. The molecule has 2 saturated carbocycles. The van der Waals surface area contributed by atoms with E-state index < -0.39 is 0 Å². The summed E-state index contributed by atoms with van der Waals surface area (Å²) in [5.74, 6) is 0.791. The molecule has 6 nitrogen and oxygen atoms in total. The minimum absolute atomic E-state index is 0.0642. The van der Waals surface area contributed by atoms with Crippen LogP contribution in [-0.2, 0) is 6.54 Å². The van der Waals surface area contributed by atoms with Crippen molar-refractivity contribution in [3.8, 4) is 0 Å². The van der Waals surface area contributed by atoms with Crippen molar-refractivity contribution < 1.29 is 9.32 Å². The third-order valence-electron chi connectivity index (χ3n) is 6.57. The quantitative estimate of drug-likeness (QED) is 0.657. The smallest absolute Gasteiger partial charge is 0.259 e. The minimum atomic E-state index is -0.0642. The summed E-state index contributed by atoms with van der Waals surface area (Å²) in [6.45, 7) is 2.69. The first-order chi connectivity index (χ1) is 14.8. The molecule has 3 fully saturated rings. The Hall–Kier alpha value is -2.89. The molecule has 0 radical (unpaired) electrons. The maximum Gasteiger partial charge on any atom is 0.259 e. The second kappa shape index (κ2) is 7.11. The number of benzene rings is 1. The predicted molar refractivity (Wildman–Crippen MR) is 115 cm³/mol. The molecule has 1 saturated heterocycles. The van der Waals surface area contributed by atoms with Crippen LogP contribution in [0.2, 0.25) is 0 Å². The average molecular weight is 402 g/mol. The van der Waals surface area contributed by atoms with E-state index >= 15 is 0 Å². The molecule has 2 aliphatic carbocycles. The first kappa shape index (κ1) is 17.9. The van der Waals surface area contributed by atoms with Crippen LogP contribution in [0.4, 0.5) is 5.69 Å². The number of hydrogen-bond acceptors (Lipinski definition) is 5. The molecule has 3 aliphatic rings. The van der Waals surface area contributed by atoms with Gasteiger partial charge in [0.25, 0.3) is 11.6 Å². The number of pyridine rings is 1. The normalized spacial score (nSPS) is 18.9. The third kappa shape index (κ3) is 3.24. The fourth-order valence-electron chi connectivity index (χ4n) is 4.59.